The van der Waals surface area contributed by atoms with Gasteiger partial charge in [-0.3, -0.25) is 9.97 Å². The van der Waals surface area contributed by atoms with Gasteiger partial charge in [-0.15, -0.1) is 11.3 Å². The predicted molar refractivity (Wildman–Crippen MR) is 88.7 cm³/mol. The van der Waals surface area contributed by atoms with Crippen LogP contribution in [0.3, 0.4) is 0 Å². The summed E-state index contributed by atoms with van der Waals surface area (Å²) in [6.45, 7) is 2.02. The minimum Gasteiger partial charge on any atom is -0.261 e. The highest BCUT2D eigenvalue weighted by Gasteiger charge is 2.09. The number of nitrogens with zero attached hydrogens (tertiary/aromatic N) is 6. The van der Waals surface area contributed by atoms with Crippen LogP contribution in [0.2, 0.25) is 0 Å². The SMILES string of the molecule is Cc1nc2ccc(-n3ncnc3CCc3cnccn3)cc2s1. The molecule has 0 N–H and O–H groups in total. The molecule has 0 aliphatic heterocycles. The van der Waals surface area contributed by atoms with E-state index < -0.39 is 0 Å². The minimum absolute atomic E-state index is 0.762. The average molecular weight is 322 g/mol. The van der Waals surface area contributed by atoms with Gasteiger partial charge < -0.3 is 0 Å². The second kappa shape index (κ2) is 5.85. The van der Waals surface area contributed by atoms with Crippen LogP contribution < -0.4 is 0 Å². The van der Waals surface area contributed by atoms with Crippen LogP contribution in [0.5, 0.6) is 0 Å². The number of aryl methyl sites for hydroxylation is 3. The zero-order valence-corrected chi connectivity index (χ0v) is 13.4. The molecular formula is C16H14N6S. The molecule has 0 radical (unpaired) electrons. The fourth-order valence-electron chi connectivity index (χ4n) is 2.51. The molecule has 6 nitrogen and oxygen atoms in total. The van der Waals surface area contributed by atoms with Gasteiger partial charge in [0, 0.05) is 25.0 Å². The molecule has 1 aromatic carbocycles. The molecule has 0 atom stereocenters. The highest BCUT2D eigenvalue weighted by atomic mass is 32.1. The molecule has 114 valence electrons. The second-order valence-corrected chi connectivity index (χ2v) is 6.40. The van der Waals surface area contributed by atoms with Gasteiger partial charge in [-0.25, -0.2) is 14.6 Å². The number of hydrogen-bond acceptors (Lipinski definition) is 6. The highest BCUT2D eigenvalue weighted by Crippen LogP contribution is 2.24. The summed E-state index contributed by atoms with van der Waals surface area (Å²) in [5.74, 6) is 0.913. The quantitative estimate of drug-likeness (QED) is 0.578. The lowest BCUT2D eigenvalue weighted by molar-refractivity contribution is 0.760. The molecule has 0 saturated carbocycles. The Morgan fingerprint density at radius 2 is 2.09 bits per heavy atom. The number of rotatable bonds is 4. The van der Waals surface area contributed by atoms with Crippen molar-refractivity contribution >= 4 is 21.6 Å². The zero-order chi connectivity index (χ0) is 15.6. The van der Waals surface area contributed by atoms with E-state index in [0.717, 1.165) is 45.3 Å². The Morgan fingerprint density at radius 3 is 2.96 bits per heavy atom. The summed E-state index contributed by atoms with van der Waals surface area (Å²) in [7, 11) is 0. The van der Waals surface area contributed by atoms with Gasteiger partial charge >= 0.3 is 0 Å². The van der Waals surface area contributed by atoms with Gasteiger partial charge in [0.1, 0.15) is 12.2 Å². The summed E-state index contributed by atoms with van der Waals surface area (Å²) >= 11 is 1.69. The molecule has 3 aromatic heterocycles. The second-order valence-electron chi connectivity index (χ2n) is 5.17. The largest absolute Gasteiger partial charge is 0.261 e. The molecule has 0 saturated heterocycles. The molecule has 0 aliphatic rings. The number of aromatic nitrogens is 6. The lowest BCUT2D eigenvalue weighted by atomic mass is 10.2. The number of fused-ring (bicyclic) bond motifs is 1. The van der Waals surface area contributed by atoms with E-state index in [0.29, 0.717) is 0 Å². The van der Waals surface area contributed by atoms with Crippen molar-refractivity contribution in [1.82, 2.24) is 29.7 Å². The lowest BCUT2D eigenvalue weighted by Crippen LogP contribution is -2.05. The van der Waals surface area contributed by atoms with Crippen molar-refractivity contribution in [2.75, 3.05) is 0 Å². The first-order chi connectivity index (χ1) is 11.3. The third-order valence-electron chi connectivity index (χ3n) is 3.56. The van der Waals surface area contributed by atoms with Gasteiger partial charge in [0.25, 0.3) is 0 Å². The highest BCUT2D eigenvalue weighted by molar-refractivity contribution is 7.18. The van der Waals surface area contributed by atoms with Gasteiger partial charge in [-0.05, 0) is 31.5 Å². The lowest BCUT2D eigenvalue weighted by Gasteiger charge is -2.06. The Bertz CT molecular complexity index is 944. The Balaban J connectivity index is 1.62. The van der Waals surface area contributed by atoms with Gasteiger partial charge in [0.2, 0.25) is 0 Å². The third kappa shape index (κ3) is 2.83. The molecule has 0 fully saturated rings. The van der Waals surface area contributed by atoms with Gasteiger partial charge in [0.15, 0.2) is 0 Å². The summed E-state index contributed by atoms with van der Waals surface area (Å²) in [5.41, 5.74) is 2.99. The van der Waals surface area contributed by atoms with Crippen LogP contribution in [0.4, 0.5) is 0 Å². The predicted octanol–water partition coefficient (Wildman–Crippen LogP) is 2.76. The van der Waals surface area contributed by atoms with Gasteiger partial charge in [-0.1, -0.05) is 0 Å². The van der Waals surface area contributed by atoms with E-state index in [-0.39, 0.29) is 0 Å². The molecule has 0 bridgehead atoms. The molecule has 0 spiro atoms. The Morgan fingerprint density at radius 1 is 1.13 bits per heavy atom. The number of hydrogen-bond donors (Lipinski definition) is 0. The average Bonchev–Trinajstić information content (AvgIpc) is 3.18. The van der Waals surface area contributed by atoms with E-state index in [4.69, 9.17) is 0 Å². The summed E-state index contributed by atoms with van der Waals surface area (Å²) < 4.78 is 3.04. The van der Waals surface area contributed by atoms with Crippen molar-refractivity contribution in [3.05, 3.63) is 59.6 Å². The minimum atomic E-state index is 0.762. The van der Waals surface area contributed by atoms with E-state index in [1.807, 2.05) is 23.7 Å². The zero-order valence-electron chi connectivity index (χ0n) is 12.5. The maximum absolute atomic E-state index is 4.49. The van der Waals surface area contributed by atoms with Gasteiger partial charge in [-0.2, -0.15) is 5.10 Å². The Hall–Kier alpha value is -2.67. The molecule has 3 heterocycles. The Labute approximate surface area is 136 Å². The number of benzene rings is 1. The molecule has 4 rings (SSSR count). The smallest absolute Gasteiger partial charge is 0.138 e. The fourth-order valence-corrected chi connectivity index (χ4v) is 3.37. The van der Waals surface area contributed by atoms with E-state index in [2.05, 4.69) is 31.1 Å². The van der Waals surface area contributed by atoms with Crippen molar-refractivity contribution in [3.63, 3.8) is 0 Å². The van der Waals surface area contributed by atoms with E-state index in [1.54, 1.807) is 36.3 Å². The maximum atomic E-state index is 4.49. The molecule has 4 aromatic rings. The first-order valence-corrected chi connectivity index (χ1v) is 8.12. The van der Waals surface area contributed by atoms with E-state index in [9.17, 15) is 0 Å². The van der Waals surface area contributed by atoms with Crippen molar-refractivity contribution in [3.8, 4) is 5.69 Å². The summed E-state index contributed by atoms with van der Waals surface area (Å²) in [4.78, 5) is 17.3. The monoisotopic (exact) mass is 322 g/mol. The molecule has 0 aliphatic carbocycles. The van der Waals surface area contributed by atoms with E-state index in [1.165, 1.54) is 0 Å². The molecule has 0 unspecified atom stereocenters. The topological polar surface area (TPSA) is 69.4 Å². The maximum Gasteiger partial charge on any atom is 0.138 e. The van der Waals surface area contributed by atoms with Crippen molar-refractivity contribution < 1.29 is 0 Å². The van der Waals surface area contributed by atoms with Crippen LogP contribution in [0.15, 0.2) is 43.1 Å². The third-order valence-corrected chi connectivity index (χ3v) is 4.50. The summed E-state index contributed by atoms with van der Waals surface area (Å²) in [5, 5.41) is 5.43. The van der Waals surface area contributed by atoms with Crippen molar-refractivity contribution in [1.29, 1.82) is 0 Å². The molecular weight excluding hydrogens is 308 g/mol. The van der Waals surface area contributed by atoms with Crippen LogP contribution in [0.1, 0.15) is 16.5 Å². The van der Waals surface area contributed by atoms with Gasteiger partial charge in [0.05, 0.1) is 26.6 Å². The van der Waals surface area contributed by atoms with Crippen LogP contribution >= 0.6 is 11.3 Å². The summed E-state index contributed by atoms with van der Waals surface area (Å²) in [6.07, 6.45) is 8.31. The molecule has 0 amide bonds. The van der Waals surface area contributed by atoms with Crippen molar-refractivity contribution in [2.24, 2.45) is 0 Å². The standard InChI is InChI=1S/C16H14N6S/c1-11-21-14-4-3-13(8-15(14)23-11)22-16(19-10-20-22)5-2-12-9-17-6-7-18-12/h3-4,6-10H,2,5H2,1H3. The van der Waals surface area contributed by atoms with Crippen LogP contribution in [-0.2, 0) is 12.8 Å². The van der Waals surface area contributed by atoms with Crippen LogP contribution in [0, 0.1) is 6.92 Å². The Kier molecular flexibility index (Phi) is 3.55. The van der Waals surface area contributed by atoms with Crippen molar-refractivity contribution in [2.45, 2.75) is 19.8 Å². The normalized spacial score (nSPS) is 11.2. The number of thiazole rings is 1. The first kappa shape index (κ1) is 14.0. The molecule has 7 heteroatoms. The molecule has 23 heavy (non-hydrogen) atoms. The van der Waals surface area contributed by atoms with E-state index >= 15 is 0 Å². The fraction of sp³-hybridized carbons (Fsp3) is 0.188. The first-order valence-electron chi connectivity index (χ1n) is 7.31. The van der Waals surface area contributed by atoms with Crippen LogP contribution in [-0.4, -0.2) is 29.7 Å². The summed E-state index contributed by atoms with van der Waals surface area (Å²) in [6, 6.07) is 6.17. The van der Waals surface area contributed by atoms with Crippen LogP contribution in [0.25, 0.3) is 15.9 Å².